The Balaban J connectivity index is 1.64. The number of rotatable bonds is 2. The van der Waals surface area contributed by atoms with Gasteiger partial charge in [-0.2, -0.15) is 0 Å². The summed E-state index contributed by atoms with van der Waals surface area (Å²) in [6.45, 7) is 0. The number of allylic oxidation sites excluding steroid dienone is 1. The zero-order valence-electron chi connectivity index (χ0n) is 12.0. The van der Waals surface area contributed by atoms with Gasteiger partial charge < -0.3 is 4.98 Å². The van der Waals surface area contributed by atoms with Gasteiger partial charge in [-0.1, -0.05) is 23.9 Å². The predicted molar refractivity (Wildman–Crippen MR) is 90.8 cm³/mol. The summed E-state index contributed by atoms with van der Waals surface area (Å²) in [7, 11) is 0. The molecule has 0 saturated carbocycles. The van der Waals surface area contributed by atoms with Crippen molar-refractivity contribution in [3.05, 3.63) is 82.6 Å². The summed E-state index contributed by atoms with van der Waals surface area (Å²) in [6.07, 6.45) is 1.86. The number of nitrogens with one attached hydrogen (secondary N) is 1. The predicted octanol–water partition coefficient (Wildman–Crippen LogP) is 5.15. The molecule has 1 N–H and O–H groups in total. The Morgan fingerprint density at radius 3 is 2.52 bits per heavy atom. The minimum Gasteiger partial charge on any atom is -0.355 e. The topological polar surface area (TPSA) is 32.9 Å². The highest BCUT2D eigenvalue weighted by Crippen LogP contribution is 2.40. The second-order valence-electron chi connectivity index (χ2n) is 5.27. The molecule has 0 bridgehead atoms. The minimum atomic E-state index is -0.256. The van der Waals surface area contributed by atoms with Crippen molar-refractivity contribution in [2.75, 3.05) is 0 Å². The number of halogens is 1. The number of H-pyrrole nitrogens is 1. The van der Waals surface area contributed by atoms with Crippen molar-refractivity contribution in [3.8, 4) is 11.3 Å². The minimum absolute atomic E-state index is 0.0588. The number of aromatic nitrogens is 1. The van der Waals surface area contributed by atoms with Gasteiger partial charge >= 0.3 is 0 Å². The Morgan fingerprint density at radius 2 is 1.74 bits per heavy atom. The highest BCUT2D eigenvalue weighted by molar-refractivity contribution is 8.04. The summed E-state index contributed by atoms with van der Waals surface area (Å²) in [4.78, 5) is 17.3. The molecule has 3 aromatic rings. The summed E-state index contributed by atoms with van der Waals surface area (Å²) in [5.74, 6) is -0.197. The third-order valence-corrected chi connectivity index (χ3v) is 4.82. The molecule has 112 valence electrons. The van der Waals surface area contributed by atoms with Gasteiger partial charge in [0, 0.05) is 21.8 Å². The van der Waals surface area contributed by atoms with E-state index in [4.69, 9.17) is 0 Å². The lowest BCUT2D eigenvalue weighted by Gasteiger charge is -1.98. The highest BCUT2D eigenvalue weighted by atomic mass is 32.2. The maximum absolute atomic E-state index is 13.0. The van der Waals surface area contributed by atoms with Crippen LogP contribution in [0.5, 0.6) is 0 Å². The molecule has 4 rings (SSSR count). The molecule has 1 aliphatic rings. The second kappa shape index (κ2) is 5.56. The molecule has 0 amide bonds. The van der Waals surface area contributed by atoms with E-state index in [1.165, 1.54) is 23.9 Å². The van der Waals surface area contributed by atoms with Gasteiger partial charge in [0.2, 0.25) is 5.78 Å². The number of carbonyl (C=O) groups is 1. The van der Waals surface area contributed by atoms with Gasteiger partial charge in [0.25, 0.3) is 0 Å². The van der Waals surface area contributed by atoms with Gasteiger partial charge in [0.15, 0.2) is 0 Å². The Labute approximate surface area is 137 Å². The first-order valence-electron chi connectivity index (χ1n) is 7.19. The molecule has 1 aromatic heterocycles. The normalized spacial score (nSPS) is 15.2. The molecule has 0 atom stereocenters. The lowest BCUT2D eigenvalue weighted by Crippen LogP contribution is -1.93. The zero-order chi connectivity index (χ0) is 15.8. The summed E-state index contributed by atoms with van der Waals surface area (Å²) in [5, 5.41) is 0. The first kappa shape index (κ1) is 14.0. The standard InChI is InChI=1S/C19H12FNOS/c20-13-7-5-12(6-8-13)16-10-9-14(21-16)11-18-19(22)15-3-1-2-4-17(15)23-18/h1-11,21H/b18-11-. The monoisotopic (exact) mass is 321 g/mol. The van der Waals surface area contributed by atoms with Crippen molar-refractivity contribution in [2.45, 2.75) is 4.90 Å². The molecule has 0 unspecified atom stereocenters. The van der Waals surface area contributed by atoms with Crippen LogP contribution >= 0.6 is 11.8 Å². The number of carbonyl (C=O) groups excluding carboxylic acids is 1. The molecule has 4 heteroatoms. The van der Waals surface area contributed by atoms with Gasteiger partial charge in [-0.05, 0) is 60.2 Å². The fraction of sp³-hybridized carbons (Fsp3) is 0. The number of benzene rings is 2. The molecule has 0 radical (unpaired) electrons. The molecule has 0 spiro atoms. The van der Waals surface area contributed by atoms with E-state index in [9.17, 15) is 9.18 Å². The van der Waals surface area contributed by atoms with Crippen LogP contribution in [-0.4, -0.2) is 10.8 Å². The maximum atomic E-state index is 13.0. The first-order chi connectivity index (χ1) is 11.2. The lowest BCUT2D eigenvalue weighted by atomic mass is 10.1. The Morgan fingerprint density at radius 1 is 0.957 bits per heavy atom. The summed E-state index contributed by atoms with van der Waals surface area (Å²) >= 11 is 1.49. The molecular formula is C19H12FNOS. The number of ketones is 1. The van der Waals surface area contributed by atoms with Crippen LogP contribution in [0.4, 0.5) is 4.39 Å². The smallest absolute Gasteiger partial charge is 0.200 e. The van der Waals surface area contributed by atoms with Crippen molar-refractivity contribution in [1.29, 1.82) is 0 Å². The first-order valence-corrected chi connectivity index (χ1v) is 8.00. The van der Waals surface area contributed by atoms with Crippen molar-refractivity contribution in [3.63, 3.8) is 0 Å². The van der Waals surface area contributed by atoms with Gasteiger partial charge in [0.1, 0.15) is 5.82 Å². The van der Waals surface area contributed by atoms with Gasteiger partial charge in [0.05, 0.1) is 4.91 Å². The number of thioether (sulfide) groups is 1. The summed E-state index contributed by atoms with van der Waals surface area (Å²) < 4.78 is 13.0. The van der Waals surface area contributed by atoms with Crippen molar-refractivity contribution in [1.82, 2.24) is 4.98 Å². The molecule has 0 saturated heterocycles. The maximum Gasteiger partial charge on any atom is 0.200 e. The SMILES string of the molecule is O=C1/C(=C/c2ccc(-c3ccc(F)cc3)[nH]2)Sc2ccccc21. The van der Waals surface area contributed by atoms with Crippen LogP contribution < -0.4 is 0 Å². The molecule has 2 aromatic carbocycles. The largest absolute Gasteiger partial charge is 0.355 e. The Kier molecular flexibility index (Phi) is 3.39. The number of Topliss-reactive ketones (excluding diaryl/α,β-unsaturated/α-hetero) is 1. The second-order valence-corrected chi connectivity index (χ2v) is 6.35. The van der Waals surface area contributed by atoms with Crippen LogP contribution in [0.2, 0.25) is 0 Å². The van der Waals surface area contributed by atoms with E-state index in [0.717, 1.165) is 27.4 Å². The fourth-order valence-corrected chi connectivity index (χ4v) is 3.61. The van der Waals surface area contributed by atoms with E-state index in [-0.39, 0.29) is 11.6 Å². The number of aromatic amines is 1. The van der Waals surface area contributed by atoms with Crippen molar-refractivity contribution < 1.29 is 9.18 Å². The Hall–Kier alpha value is -2.59. The van der Waals surface area contributed by atoms with Crippen LogP contribution in [0, 0.1) is 5.82 Å². The van der Waals surface area contributed by atoms with Crippen LogP contribution in [0.1, 0.15) is 16.1 Å². The molecule has 2 nitrogen and oxygen atoms in total. The third kappa shape index (κ3) is 2.62. The van der Waals surface area contributed by atoms with Gasteiger partial charge in [-0.3, -0.25) is 4.79 Å². The van der Waals surface area contributed by atoms with E-state index in [1.54, 1.807) is 12.1 Å². The van der Waals surface area contributed by atoms with E-state index in [2.05, 4.69) is 4.98 Å². The number of fused-ring (bicyclic) bond motifs is 1. The molecule has 2 heterocycles. The molecule has 23 heavy (non-hydrogen) atoms. The van der Waals surface area contributed by atoms with Crippen LogP contribution in [0.25, 0.3) is 17.3 Å². The fourth-order valence-electron chi connectivity index (χ4n) is 2.57. The van der Waals surface area contributed by atoms with Crippen LogP contribution in [0.3, 0.4) is 0 Å². The van der Waals surface area contributed by atoms with Gasteiger partial charge in [-0.25, -0.2) is 4.39 Å². The molecular weight excluding hydrogens is 309 g/mol. The average molecular weight is 321 g/mol. The number of hydrogen-bond donors (Lipinski definition) is 1. The van der Waals surface area contributed by atoms with Crippen LogP contribution in [0.15, 0.2) is 70.5 Å². The molecule has 0 fully saturated rings. The highest BCUT2D eigenvalue weighted by Gasteiger charge is 2.25. The van der Waals surface area contributed by atoms with Crippen molar-refractivity contribution in [2.24, 2.45) is 0 Å². The summed E-state index contributed by atoms with van der Waals surface area (Å²) in [6, 6.07) is 17.8. The zero-order valence-corrected chi connectivity index (χ0v) is 12.9. The van der Waals surface area contributed by atoms with E-state index < -0.39 is 0 Å². The van der Waals surface area contributed by atoms with E-state index in [0.29, 0.717) is 4.91 Å². The number of hydrogen-bond acceptors (Lipinski definition) is 2. The average Bonchev–Trinajstić information content (AvgIpc) is 3.15. The lowest BCUT2D eigenvalue weighted by molar-refractivity contribution is 0.104. The van der Waals surface area contributed by atoms with Crippen LogP contribution in [-0.2, 0) is 0 Å². The molecule has 1 aliphatic heterocycles. The Bertz CT molecular complexity index is 925. The van der Waals surface area contributed by atoms with E-state index >= 15 is 0 Å². The molecule has 0 aliphatic carbocycles. The van der Waals surface area contributed by atoms with Gasteiger partial charge in [-0.15, -0.1) is 0 Å². The summed E-state index contributed by atoms with van der Waals surface area (Å²) in [5.41, 5.74) is 3.41. The quantitative estimate of drug-likeness (QED) is 0.662. The van der Waals surface area contributed by atoms with E-state index in [1.807, 2.05) is 42.5 Å². The third-order valence-electron chi connectivity index (χ3n) is 3.73. The van der Waals surface area contributed by atoms with Crippen molar-refractivity contribution >= 4 is 23.6 Å².